The number of aryl methyl sites for hydroxylation is 1. The third-order valence-electron chi connectivity index (χ3n) is 3.29. The second-order valence-corrected chi connectivity index (χ2v) is 6.52. The molecule has 0 unspecified atom stereocenters. The van der Waals surface area contributed by atoms with Crippen LogP contribution in [0.2, 0.25) is 0 Å². The summed E-state index contributed by atoms with van der Waals surface area (Å²) in [7, 11) is 0. The first kappa shape index (κ1) is 13.6. The average molecular weight is 308 g/mol. The number of rotatable bonds is 3. The van der Waals surface area contributed by atoms with E-state index in [0.29, 0.717) is 0 Å². The molecule has 0 atom stereocenters. The Bertz CT molecular complexity index is 614. The monoisotopic (exact) mass is 308 g/mol. The summed E-state index contributed by atoms with van der Waals surface area (Å²) in [6.45, 7) is 6.63. The minimum atomic E-state index is 0.775. The Labute approximate surface area is 126 Å². The van der Waals surface area contributed by atoms with Gasteiger partial charge in [-0.2, -0.15) is 5.10 Å². The highest BCUT2D eigenvalue weighted by Crippen LogP contribution is 2.13. The molecule has 2 aromatic heterocycles. The summed E-state index contributed by atoms with van der Waals surface area (Å²) in [5, 5.41) is 5.46. The lowest BCUT2D eigenvalue weighted by atomic mass is 10.3. The van der Waals surface area contributed by atoms with E-state index in [1.165, 1.54) is 0 Å². The zero-order valence-corrected chi connectivity index (χ0v) is 12.9. The summed E-state index contributed by atoms with van der Waals surface area (Å²) in [5.41, 5.74) is 0. The van der Waals surface area contributed by atoms with Crippen LogP contribution in [0.1, 0.15) is 5.01 Å². The smallest absolute Gasteiger partial charge is 0.180 e. The average Bonchev–Trinajstić information content (AvgIpc) is 2.79. The standard InChI is InChI=1S/C12H16N6S2/c1-10-15-18(12(19)20-10)9-16-4-6-17(7-5-16)11-8-13-2-3-14-11/h2-3,8H,4-7,9H2,1H3. The fourth-order valence-electron chi connectivity index (χ4n) is 2.26. The van der Waals surface area contributed by atoms with Crippen LogP contribution >= 0.6 is 23.6 Å². The number of nitrogens with zero attached hydrogens (tertiary/aromatic N) is 6. The van der Waals surface area contributed by atoms with E-state index >= 15 is 0 Å². The van der Waals surface area contributed by atoms with Crippen molar-refractivity contribution < 1.29 is 0 Å². The van der Waals surface area contributed by atoms with Crippen molar-refractivity contribution in [3.8, 4) is 0 Å². The maximum Gasteiger partial charge on any atom is 0.180 e. The molecular formula is C12H16N6S2. The molecule has 0 spiro atoms. The highest BCUT2D eigenvalue weighted by Gasteiger charge is 2.18. The molecule has 106 valence electrons. The lowest BCUT2D eigenvalue weighted by Crippen LogP contribution is -2.47. The molecule has 0 radical (unpaired) electrons. The van der Waals surface area contributed by atoms with Crippen LogP contribution in [0.15, 0.2) is 18.6 Å². The second-order valence-electron chi connectivity index (χ2n) is 4.70. The van der Waals surface area contributed by atoms with Crippen molar-refractivity contribution in [1.29, 1.82) is 0 Å². The zero-order chi connectivity index (χ0) is 13.9. The Morgan fingerprint density at radius 2 is 2.05 bits per heavy atom. The topological polar surface area (TPSA) is 50.1 Å². The first-order valence-electron chi connectivity index (χ1n) is 6.50. The zero-order valence-electron chi connectivity index (χ0n) is 11.3. The van der Waals surface area contributed by atoms with Crippen molar-refractivity contribution in [3.63, 3.8) is 0 Å². The number of hydrogen-bond donors (Lipinski definition) is 0. The van der Waals surface area contributed by atoms with E-state index in [1.807, 2.05) is 17.8 Å². The second kappa shape index (κ2) is 5.94. The van der Waals surface area contributed by atoms with E-state index in [9.17, 15) is 0 Å². The van der Waals surface area contributed by atoms with E-state index in [4.69, 9.17) is 12.2 Å². The summed E-state index contributed by atoms with van der Waals surface area (Å²) in [5.74, 6) is 0.952. The highest BCUT2D eigenvalue weighted by atomic mass is 32.1. The van der Waals surface area contributed by atoms with E-state index < -0.39 is 0 Å². The summed E-state index contributed by atoms with van der Waals surface area (Å²) >= 11 is 6.87. The van der Waals surface area contributed by atoms with Gasteiger partial charge >= 0.3 is 0 Å². The van der Waals surface area contributed by atoms with Crippen molar-refractivity contribution >= 4 is 29.4 Å². The molecule has 0 bridgehead atoms. The molecule has 0 N–H and O–H groups in total. The van der Waals surface area contributed by atoms with Crippen LogP contribution in [0.3, 0.4) is 0 Å². The van der Waals surface area contributed by atoms with Crippen molar-refractivity contribution in [2.45, 2.75) is 13.6 Å². The molecular weight excluding hydrogens is 292 g/mol. The molecule has 8 heteroatoms. The first-order chi connectivity index (χ1) is 9.72. The van der Waals surface area contributed by atoms with Crippen molar-refractivity contribution in [1.82, 2.24) is 24.6 Å². The van der Waals surface area contributed by atoms with Crippen molar-refractivity contribution in [2.24, 2.45) is 0 Å². The van der Waals surface area contributed by atoms with Gasteiger partial charge in [-0.1, -0.05) is 11.3 Å². The van der Waals surface area contributed by atoms with Crippen LogP contribution in [-0.4, -0.2) is 50.8 Å². The van der Waals surface area contributed by atoms with Crippen LogP contribution in [0.4, 0.5) is 5.82 Å². The van der Waals surface area contributed by atoms with E-state index in [0.717, 1.165) is 47.6 Å². The fourth-order valence-corrected chi connectivity index (χ4v) is 3.32. The summed E-state index contributed by atoms with van der Waals surface area (Å²) in [6.07, 6.45) is 5.25. The number of piperazine rings is 1. The molecule has 1 fully saturated rings. The molecule has 6 nitrogen and oxygen atoms in total. The third kappa shape index (κ3) is 3.02. The molecule has 0 amide bonds. The normalized spacial score (nSPS) is 16.6. The molecule has 0 aliphatic carbocycles. The molecule has 0 aromatic carbocycles. The van der Waals surface area contributed by atoms with Gasteiger partial charge in [-0.3, -0.25) is 9.88 Å². The van der Waals surface area contributed by atoms with Gasteiger partial charge in [0.1, 0.15) is 10.8 Å². The summed E-state index contributed by atoms with van der Waals surface area (Å²) in [4.78, 5) is 13.1. The van der Waals surface area contributed by atoms with Gasteiger partial charge < -0.3 is 4.90 Å². The third-order valence-corrected chi connectivity index (χ3v) is 4.51. The Hall–Kier alpha value is -1.38. The van der Waals surface area contributed by atoms with Gasteiger partial charge in [-0.25, -0.2) is 9.67 Å². The Kier molecular flexibility index (Phi) is 4.04. The lowest BCUT2D eigenvalue weighted by Gasteiger charge is -2.34. The van der Waals surface area contributed by atoms with E-state index in [1.54, 1.807) is 23.7 Å². The van der Waals surface area contributed by atoms with E-state index in [-0.39, 0.29) is 0 Å². The number of aromatic nitrogens is 4. The SMILES string of the molecule is Cc1nn(CN2CCN(c3cnccn3)CC2)c(=S)s1. The van der Waals surface area contributed by atoms with Gasteiger partial charge in [0.25, 0.3) is 0 Å². The van der Waals surface area contributed by atoms with Crippen molar-refractivity contribution in [2.75, 3.05) is 31.1 Å². The largest absolute Gasteiger partial charge is 0.353 e. The lowest BCUT2D eigenvalue weighted by molar-refractivity contribution is 0.194. The minimum Gasteiger partial charge on any atom is -0.353 e. The molecule has 3 rings (SSSR count). The van der Waals surface area contributed by atoms with Crippen molar-refractivity contribution in [3.05, 3.63) is 27.6 Å². The van der Waals surface area contributed by atoms with Crippen LogP contribution < -0.4 is 4.90 Å². The summed E-state index contributed by atoms with van der Waals surface area (Å²) in [6, 6.07) is 0. The molecule has 1 saturated heterocycles. The van der Waals surface area contributed by atoms with Gasteiger partial charge in [-0.05, 0) is 19.1 Å². The van der Waals surface area contributed by atoms with Crippen LogP contribution in [0, 0.1) is 10.9 Å². The first-order valence-corrected chi connectivity index (χ1v) is 7.73. The van der Waals surface area contributed by atoms with E-state index in [2.05, 4.69) is 24.9 Å². The summed E-state index contributed by atoms with van der Waals surface area (Å²) < 4.78 is 2.76. The Balaban J connectivity index is 1.59. The molecule has 1 aliphatic heterocycles. The maximum atomic E-state index is 5.30. The van der Waals surface area contributed by atoms with Gasteiger partial charge in [0.05, 0.1) is 12.9 Å². The fraction of sp³-hybridized carbons (Fsp3) is 0.500. The molecule has 20 heavy (non-hydrogen) atoms. The van der Waals surface area contributed by atoms with Crippen LogP contribution in [0.5, 0.6) is 0 Å². The molecule has 3 heterocycles. The van der Waals surface area contributed by atoms with Crippen LogP contribution in [0.25, 0.3) is 0 Å². The van der Waals surface area contributed by atoms with Gasteiger partial charge in [0.2, 0.25) is 0 Å². The Morgan fingerprint density at radius 1 is 1.25 bits per heavy atom. The number of hydrogen-bond acceptors (Lipinski definition) is 7. The highest BCUT2D eigenvalue weighted by molar-refractivity contribution is 7.73. The van der Waals surface area contributed by atoms with Crippen LogP contribution in [-0.2, 0) is 6.67 Å². The van der Waals surface area contributed by atoms with Gasteiger partial charge in [0, 0.05) is 38.6 Å². The quantitative estimate of drug-likeness (QED) is 0.802. The molecule has 0 saturated carbocycles. The van der Waals surface area contributed by atoms with Gasteiger partial charge in [-0.15, -0.1) is 0 Å². The molecule has 2 aromatic rings. The number of anilines is 1. The van der Waals surface area contributed by atoms with Gasteiger partial charge in [0.15, 0.2) is 3.95 Å². The Morgan fingerprint density at radius 3 is 2.65 bits per heavy atom. The minimum absolute atomic E-state index is 0.775. The maximum absolute atomic E-state index is 5.30. The predicted octanol–water partition coefficient (Wildman–Crippen LogP) is 1.55. The molecule has 1 aliphatic rings. The predicted molar refractivity (Wildman–Crippen MR) is 81.5 cm³/mol.